The summed E-state index contributed by atoms with van der Waals surface area (Å²) in [5.74, 6) is -3.18. The molecule has 42 heavy (non-hydrogen) atoms. The SMILES string of the molecule is CC(F)(F)Cn1cc(-c2cc(C3CCCCC3)c(=O)n(Cc3ncccc3C(F)(F)F)n2)cn1.Cc1cccc(F)c1. The normalized spacial score (nSPS) is 14.4. The number of hydrogen-bond donors (Lipinski definition) is 0. The summed E-state index contributed by atoms with van der Waals surface area (Å²) in [5.41, 5.74) is 0.376. The highest BCUT2D eigenvalue weighted by Gasteiger charge is 2.34. The van der Waals surface area contributed by atoms with Crippen molar-refractivity contribution in [2.24, 2.45) is 0 Å². The van der Waals surface area contributed by atoms with Crippen molar-refractivity contribution < 1.29 is 26.3 Å². The summed E-state index contributed by atoms with van der Waals surface area (Å²) in [5, 5.41) is 8.23. The summed E-state index contributed by atoms with van der Waals surface area (Å²) in [4.78, 5) is 17.1. The van der Waals surface area contributed by atoms with E-state index in [2.05, 4.69) is 15.2 Å². The van der Waals surface area contributed by atoms with Crippen LogP contribution >= 0.6 is 0 Å². The monoisotopic (exact) mass is 591 g/mol. The fourth-order valence-corrected chi connectivity index (χ4v) is 4.95. The van der Waals surface area contributed by atoms with Crippen molar-refractivity contribution in [3.05, 3.63) is 99.6 Å². The van der Waals surface area contributed by atoms with Gasteiger partial charge in [0.25, 0.3) is 11.5 Å². The minimum absolute atomic E-state index is 0.0462. The second-order valence-electron chi connectivity index (χ2n) is 10.6. The molecule has 0 atom stereocenters. The number of aryl methyl sites for hydroxylation is 1. The number of alkyl halides is 5. The van der Waals surface area contributed by atoms with Crippen LogP contribution in [0.15, 0.2) is 65.8 Å². The van der Waals surface area contributed by atoms with Crippen LogP contribution in [-0.4, -0.2) is 30.5 Å². The van der Waals surface area contributed by atoms with E-state index in [1.54, 1.807) is 12.1 Å². The van der Waals surface area contributed by atoms with Crippen LogP contribution in [0.1, 0.15) is 67.3 Å². The molecule has 12 heteroatoms. The second-order valence-corrected chi connectivity index (χ2v) is 10.6. The molecule has 1 aliphatic carbocycles. The summed E-state index contributed by atoms with van der Waals surface area (Å²) in [6.07, 6.45) is 3.88. The predicted molar refractivity (Wildman–Crippen MR) is 146 cm³/mol. The van der Waals surface area contributed by atoms with Crippen molar-refractivity contribution >= 4 is 0 Å². The quantitative estimate of drug-likeness (QED) is 0.219. The molecule has 1 aromatic carbocycles. The van der Waals surface area contributed by atoms with Gasteiger partial charge in [0.1, 0.15) is 12.4 Å². The molecule has 0 unspecified atom stereocenters. The van der Waals surface area contributed by atoms with Gasteiger partial charge in [0.05, 0.1) is 29.7 Å². The topological polar surface area (TPSA) is 65.6 Å². The van der Waals surface area contributed by atoms with Crippen molar-refractivity contribution in [3.8, 4) is 11.3 Å². The zero-order valence-corrected chi connectivity index (χ0v) is 23.2. The third kappa shape index (κ3) is 8.29. The van der Waals surface area contributed by atoms with Gasteiger partial charge in [-0.05, 0) is 61.6 Å². The predicted octanol–water partition coefficient (Wildman–Crippen LogP) is 7.41. The van der Waals surface area contributed by atoms with Crippen LogP contribution in [0.2, 0.25) is 0 Å². The minimum atomic E-state index is -4.64. The zero-order chi connectivity index (χ0) is 30.5. The van der Waals surface area contributed by atoms with Crippen LogP contribution in [0.5, 0.6) is 0 Å². The first-order valence-electron chi connectivity index (χ1n) is 13.6. The summed E-state index contributed by atoms with van der Waals surface area (Å²) in [7, 11) is 0. The van der Waals surface area contributed by atoms with Crippen molar-refractivity contribution in [2.75, 3.05) is 0 Å². The van der Waals surface area contributed by atoms with Crippen LogP contribution in [0.25, 0.3) is 11.3 Å². The number of aromatic nitrogens is 5. The molecule has 0 saturated heterocycles. The molecule has 224 valence electrons. The fraction of sp³-hybridized carbons (Fsp3) is 0.400. The molecule has 4 aromatic rings. The van der Waals surface area contributed by atoms with E-state index in [1.807, 2.05) is 13.0 Å². The van der Waals surface area contributed by atoms with E-state index in [0.717, 1.165) is 60.0 Å². The summed E-state index contributed by atoms with van der Waals surface area (Å²) < 4.78 is 81.5. The summed E-state index contributed by atoms with van der Waals surface area (Å²) >= 11 is 0. The largest absolute Gasteiger partial charge is 0.418 e. The molecule has 0 amide bonds. The van der Waals surface area contributed by atoms with E-state index in [0.29, 0.717) is 11.1 Å². The molecule has 0 spiro atoms. The van der Waals surface area contributed by atoms with Crippen LogP contribution in [0, 0.1) is 12.7 Å². The lowest BCUT2D eigenvalue weighted by atomic mass is 9.84. The number of rotatable bonds is 6. The van der Waals surface area contributed by atoms with Gasteiger partial charge in [-0.3, -0.25) is 14.5 Å². The Morgan fingerprint density at radius 2 is 1.74 bits per heavy atom. The van der Waals surface area contributed by atoms with Crippen molar-refractivity contribution in [3.63, 3.8) is 0 Å². The molecule has 1 fully saturated rings. The van der Waals surface area contributed by atoms with Gasteiger partial charge in [0.15, 0.2) is 0 Å². The van der Waals surface area contributed by atoms with Gasteiger partial charge in [-0.2, -0.15) is 23.4 Å². The third-order valence-corrected chi connectivity index (χ3v) is 6.89. The third-order valence-electron chi connectivity index (χ3n) is 6.89. The molecule has 5 rings (SSSR count). The van der Waals surface area contributed by atoms with E-state index >= 15 is 0 Å². The highest BCUT2D eigenvalue weighted by molar-refractivity contribution is 5.57. The van der Waals surface area contributed by atoms with Gasteiger partial charge < -0.3 is 0 Å². The van der Waals surface area contributed by atoms with Gasteiger partial charge >= 0.3 is 6.18 Å². The Kier molecular flexibility index (Phi) is 9.53. The van der Waals surface area contributed by atoms with E-state index < -0.39 is 36.3 Å². The average Bonchev–Trinajstić information content (AvgIpc) is 3.37. The lowest BCUT2D eigenvalue weighted by molar-refractivity contribution is -0.138. The second kappa shape index (κ2) is 12.9. The van der Waals surface area contributed by atoms with Gasteiger partial charge in [0.2, 0.25) is 0 Å². The Morgan fingerprint density at radius 1 is 1.00 bits per heavy atom. The highest BCUT2D eigenvalue weighted by atomic mass is 19.4. The number of benzene rings is 1. The van der Waals surface area contributed by atoms with Crippen LogP contribution < -0.4 is 5.56 Å². The molecule has 1 saturated carbocycles. The van der Waals surface area contributed by atoms with Gasteiger partial charge in [-0.15, -0.1) is 0 Å². The summed E-state index contributed by atoms with van der Waals surface area (Å²) in [6.45, 7) is 1.54. The first-order valence-corrected chi connectivity index (χ1v) is 13.6. The van der Waals surface area contributed by atoms with E-state index in [-0.39, 0.29) is 23.1 Å². The van der Waals surface area contributed by atoms with E-state index in [1.165, 1.54) is 36.8 Å². The Labute approximate surface area is 239 Å². The first kappa shape index (κ1) is 31.0. The van der Waals surface area contributed by atoms with Crippen LogP contribution in [0.3, 0.4) is 0 Å². The Morgan fingerprint density at radius 3 is 2.36 bits per heavy atom. The van der Waals surface area contributed by atoms with Gasteiger partial charge in [0, 0.05) is 30.4 Å². The average molecular weight is 592 g/mol. The molecule has 0 aliphatic heterocycles. The number of nitrogens with zero attached hydrogens (tertiary/aromatic N) is 5. The molecule has 1 aliphatic rings. The minimum Gasteiger partial charge on any atom is -0.267 e. The molecular formula is C30H31F6N5O. The summed E-state index contributed by atoms with van der Waals surface area (Å²) in [6, 6.07) is 10.2. The standard InChI is InChI=1S/C23H24F5N5O.C7H7F/c1-22(24,25)14-32-12-16(11-30-32)19-10-17(15-6-3-2-4-7-15)21(34)33(31-19)13-20-18(23(26,27)28)8-5-9-29-20;1-6-3-2-4-7(8)5-6/h5,8-12,15H,2-4,6-7,13-14H2,1H3;2-5H,1H3. The maximum absolute atomic E-state index is 13.5. The molecule has 0 bridgehead atoms. The number of pyridine rings is 1. The van der Waals surface area contributed by atoms with Crippen molar-refractivity contribution in [2.45, 2.75) is 77.1 Å². The Balaban J connectivity index is 0.000000437. The lowest BCUT2D eigenvalue weighted by Crippen LogP contribution is -2.30. The van der Waals surface area contributed by atoms with E-state index in [4.69, 9.17) is 0 Å². The Hall–Kier alpha value is -3.96. The van der Waals surface area contributed by atoms with Crippen LogP contribution in [0.4, 0.5) is 26.3 Å². The number of halogens is 6. The molecule has 0 N–H and O–H groups in total. The number of hydrogen-bond acceptors (Lipinski definition) is 4. The van der Waals surface area contributed by atoms with Gasteiger partial charge in [-0.25, -0.2) is 17.9 Å². The fourth-order valence-electron chi connectivity index (χ4n) is 4.95. The Bertz CT molecular complexity index is 1530. The molecule has 3 heterocycles. The smallest absolute Gasteiger partial charge is 0.267 e. The van der Waals surface area contributed by atoms with Crippen molar-refractivity contribution in [1.29, 1.82) is 0 Å². The van der Waals surface area contributed by atoms with Crippen LogP contribution in [-0.2, 0) is 19.3 Å². The molecular weight excluding hydrogens is 560 g/mol. The first-order chi connectivity index (χ1) is 19.8. The molecule has 0 radical (unpaired) electrons. The highest BCUT2D eigenvalue weighted by Crippen LogP contribution is 2.33. The van der Waals surface area contributed by atoms with Gasteiger partial charge in [-0.1, -0.05) is 31.4 Å². The maximum atomic E-state index is 13.5. The lowest BCUT2D eigenvalue weighted by Gasteiger charge is -2.22. The zero-order valence-electron chi connectivity index (χ0n) is 23.2. The maximum Gasteiger partial charge on any atom is 0.418 e. The van der Waals surface area contributed by atoms with E-state index in [9.17, 15) is 31.1 Å². The van der Waals surface area contributed by atoms with Crippen molar-refractivity contribution in [1.82, 2.24) is 24.5 Å². The molecule has 6 nitrogen and oxygen atoms in total. The molecule has 3 aromatic heterocycles.